The van der Waals surface area contributed by atoms with Gasteiger partial charge in [0.15, 0.2) is 5.78 Å². The maximum Gasteiger partial charge on any atom is 0.199 e. The molecule has 2 aromatic rings. The molecule has 2 aliphatic heterocycles. The first-order valence-electron chi connectivity index (χ1n) is 10.5. The molecule has 0 spiro atoms. The number of benzene rings is 2. The minimum Gasteiger partial charge on any atom is -0.369 e. The maximum absolute atomic E-state index is 14.7. The van der Waals surface area contributed by atoms with Crippen molar-refractivity contribution >= 4 is 17.2 Å². The molecule has 0 saturated carbocycles. The molecule has 7 heteroatoms. The van der Waals surface area contributed by atoms with Crippen LogP contribution in [0.15, 0.2) is 24.3 Å². The van der Waals surface area contributed by atoms with E-state index < -0.39 is 40.2 Å². The van der Waals surface area contributed by atoms with Crippen LogP contribution in [0.5, 0.6) is 0 Å². The molecular weight excluding hydrogens is 396 g/mol. The Labute approximate surface area is 173 Å². The number of halogens is 4. The Morgan fingerprint density at radius 3 is 1.30 bits per heavy atom. The Morgan fingerprint density at radius 1 is 0.567 bits per heavy atom. The van der Waals surface area contributed by atoms with Crippen LogP contribution in [0.3, 0.4) is 0 Å². The summed E-state index contributed by atoms with van der Waals surface area (Å²) in [6.07, 6.45) is 5.61. The highest BCUT2D eigenvalue weighted by atomic mass is 19.1. The van der Waals surface area contributed by atoms with Crippen LogP contribution in [-0.4, -0.2) is 32.0 Å². The summed E-state index contributed by atoms with van der Waals surface area (Å²) >= 11 is 0. The first-order chi connectivity index (χ1) is 14.5. The highest BCUT2D eigenvalue weighted by Crippen LogP contribution is 2.30. The van der Waals surface area contributed by atoms with Crippen molar-refractivity contribution in [3.8, 4) is 0 Å². The molecular formula is C23H24F4N2O. The fourth-order valence-electron chi connectivity index (χ4n) is 4.32. The Bertz CT molecular complexity index is 875. The molecule has 2 fully saturated rings. The summed E-state index contributed by atoms with van der Waals surface area (Å²) in [7, 11) is 0. The summed E-state index contributed by atoms with van der Waals surface area (Å²) in [6.45, 7) is 2.45. The van der Waals surface area contributed by atoms with Gasteiger partial charge in [0, 0.05) is 38.3 Å². The molecule has 30 heavy (non-hydrogen) atoms. The lowest BCUT2D eigenvalue weighted by Crippen LogP contribution is -2.30. The van der Waals surface area contributed by atoms with Gasteiger partial charge in [0.1, 0.15) is 23.3 Å². The summed E-state index contributed by atoms with van der Waals surface area (Å²) in [5.41, 5.74) is -1.01. The summed E-state index contributed by atoms with van der Waals surface area (Å²) in [4.78, 5) is 16.2. The number of hydrogen-bond donors (Lipinski definition) is 0. The predicted octanol–water partition coefficient (Wildman–Crippen LogP) is 5.45. The molecule has 0 aliphatic carbocycles. The lowest BCUT2D eigenvalue weighted by molar-refractivity contribution is 0.103. The van der Waals surface area contributed by atoms with Gasteiger partial charge in [-0.1, -0.05) is 0 Å². The van der Waals surface area contributed by atoms with E-state index in [1.165, 1.54) is 0 Å². The van der Waals surface area contributed by atoms with Crippen LogP contribution in [0.1, 0.15) is 54.4 Å². The van der Waals surface area contributed by atoms with Gasteiger partial charge in [0.2, 0.25) is 0 Å². The molecule has 160 valence electrons. The van der Waals surface area contributed by atoms with Gasteiger partial charge in [-0.15, -0.1) is 0 Å². The summed E-state index contributed by atoms with van der Waals surface area (Å²) in [5, 5.41) is 0. The highest BCUT2D eigenvalue weighted by molar-refractivity contribution is 6.09. The molecule has 0 amide bonds. The molecule has 0 radical (unpaired) electrons. The van der Waals surface area contributed by atoms with Crippen molar-refractivity contribution in [2.75, 3.05) is 36.0 Å². The Hall–Kier alpha value is -2.57. The van der Waals surface area contributed by atoms with E-state index in [-0.39, 0.29) is 11.4 Å². The maximum atomic E-state index is 14.7. The summed E-state index contributed by atoms with van der Waals surface area (Å²) in [5.74, 6) is -4.44. The zero-order valence-electron chi connectivity index (χ0n) is 16.7. The van der Waals surface area contributed by atoms with Crippen molar-refractivity contribution < 1.29 is 22.4 Å². The average Bonchev–Trinajstić information content (AvgIpc) is 2.77. The summed E-state index contributed by atoms with van der Waals surface area (Å²) in [6, 6.07) is 3.53. The largest absolute Gasteiger partial charge is 0.369 e. The second-order valence-electron chi connectivity index (χ2n) is 7.99. The van der Waals surface area contributed by atoms with Gasteiger partial charge < -0.3 is 9.80 Å². The fourth-order valence-corrected chi connectivity index (χ4v) is 4.32. The molecule has 0 atom stereocenters. The van der Waals surface area contributed by atoms with E-state index in [2.05, 4.69) is 0 Å². The van der Waals surface area contributed by atoms with Crippen LogP contribution in [0.2, 0.25) is 0 Å². The smallest absolute Gasteiger partial charge is 0.199 e. The first-order valence-corrected chi connectivity index (χ1v) is 10.5. The lowest BCUT2D eigenvalue weighted by Gasteiger charge is -2.29. The van der Waals surface area contributed by atoms with E-state index in [0.29, 0.717) is 26.2 Å². The standard InChI is InChI=1S/C23H24F4N2O/c24-17-13-21(28-7-3-1-4-8-28)19(26)11-15(17)23(30)16-12-20(27)22(14-18(16)25)29-9-5-2-6-10-29/h11-14H,1-10H2. The minimum absolute atomic E-state index is 0.0934. The average molecular weight is 420 g/mol. The van der Waals surface area contributed by atoms with Crippen molar-refractivity contribution in [1.29, 1.82) is 0 Å². The van der Waals surface area contributed by atoms with E-state index in [0.717, 1.165) is 62.8 Å². The quantitative estimate of drug-likeness (QED) is 0.485. The van der Waals surface area contributed by atoms with Crippen LogP contribution in [0.25, 0.3) is 0 Å². The van der Waals surface area contributed by atoms with Gasteiger partial charge in [-0.05, 0) is 50.7 Å². The van der Waals surface area contributed by atoms with Crippen LogP contribution in [0, 0.1) is 23.3 Å². The molecule has 2 saturated heterocycles. The SMILES string of the molecule is O=C(c1cc(F)c(N2CCCCC2)cc1F)c1cc(F)c(N2CCCCC2)cc1F. The van der Waals surface area contributed by atoms with E-state index in [9.17, 15) is 22.4 Å². The third kappa shape index (κ3) is 4.02. The minimum atomic E-state index is -1.07. The van der Waals surface area contributed by atoms with Crippen molar-refractivity contribution in [2.45, 2.75) is 38.5 Å². The molecule has 2 heterocycles. The number of anilines is 2. The first kappa shape index (κ1) is 20.7. The van der Waals surface area contributed by atoms with Gasteiger partial charge in [-0.2, -0.15) is 0 Å². The molecule has 0 N–H and O–H groups in total. The number of carbonyl (C=O) groups excluding carboxylic acids is 1. The zero-order valence-corrected chi connectivity index (χ0v) is 16.7. The number of nitrogens with zero attached hydrogens (tertiary/aromatic N) is 2. The molecule has 4 rings (SSSR count). The van der Waals surface area contributed by atoms with E-state index in [4.69, 9.17) is 0 Å². The Kier molecular flexibility index (Phi) is 5.97. The fraction of sp³-hybridized carbons (Fsp3) is 0.435. The number of ketones is 1. The van der Waals surface area contributed by atoms with Gasteiger partial charge >= 0.3 is 0 Å². The van der Waals surface area contributed by atoms with Crippen molar-refractivity contribution in [1.82, 2.24) is 0 Å². The third-order valence-electron chi connectivity index (χ3n) is 5.96. The molecule has 0 aromatic heterocycles. The summed E-state index contributed by atoms with van der Waals surface area (Å²) < 4.78 is 58.7. The number of piperidine rings is 2. The Balaban J connectivity index is 1.64. The normalized spacial score (nSPS) is 17.3. The van der Waals surface area contributed by atoms with Gasteiger partial charge in [-0.3, -0.25) is 4.79 Å². The van der Waals surface area contributed by atoms with Crippen LogP contribution < -0.4 is 9.80 Å². The van der Waals surface area contributed by atoms with Crippen LogP contribution in [-0.2, 0) is 0 Å². The molecule has 3 nitrogen and oxygen atoms in total. The predicted molar refractivity (Wildman–Crippen MR) is 108 cm³/mol. The molecule has 0 bridgehead atoms. The zero-order chi connectivity index (χ0) is 21.3. The third-order valence-corrected chi connectivity index (χ3v) is 5.96. The van der Waals surface area contributed by atoms with Crippen molar-refractivity contribution in [2.24, 2.45) is 0 Å². The monoisotopic (exact) mass is 420 g/mol. The Morgan fingerprint density at radius 2 is 0.933 bits per heavy atom. The van der Waals surface area contributed by atoms with Gasteiger partial charge in [-0.25, -0.2) is 17.6 Å². The topological polar surface area (TPSA) is 23.6 Å². The van der Waals surface area contributed by atoms with Gasteiger partial charge in [0.05, 0.1) is 22.5 Å². The van der Waals surface area contributed by atoms with E-state index in [1.807, 2.05) is 0 Å². The molecule has 2 aliphatic rings. The number of rotatable bonds is 4. The second-order valence-corrected chi connectivity index (χ2v) is 7.99. The van der Waals surface area contributed by atoms with Crippen molar-refractivity contribution in [3.63, 3.8) is 0 Å². The van der Waals surface area contributed by atoms with Crippen LogP contribution in [0.4, 0.5) is 28.9 Å². The van der Waals surface area contributed by atoms with E-state index in [1.54, 1.807) is 9.80 Å². The number of hydrogen-bond acceptors (Lipinski definition) is 3. The molecule has 0 unspecified atom stereocenters. The molecule has 2 aromatic carbocycles. The lowest BCUT2D eigenvalue weighted by atomic mass is 9.99. The second kappa shape index (κ2) is 8.66. The number of carbonyl (C=O) groups is 1. The highest BCUT2D eigenvalue weighted by Gasteiger charge is 2.25. The van der Waals surface area contributed by atoms with Crippen LogP contribution >= 0.6 is 0 Å². The van der Waals surface area contributed by atoms with Gasteiger partial charge in [0.25, 0.3) is 0 Å². The van der Waals surface area contributed by atoms with E-state index >= 15 is 0 Å². The van der Waals surface area contributed by atoms with Crippen molar-refractivity contribution in [3.05, 3.63) is 58.7 Å².